The Bertz CT molecular complexity index is 533. The molecular formula is C16H24N2O5. The van der Waals surface area contributed by atoms with E-state index in [1.165, 1.54) is 14.0 Å². The van der Waals surface area contributed by atoms with Crippen molar-refractivity contribution in [2.24, 2.45) is 0 Å². The van der Waals surface area contributed by atoms with Gasteiger partial charge in [0.1, 0.15) is 5.75 Å². The Kier molecular flexibility index (Phi) is 7.90. The molecule has 7 nitrogen and oxygen atoms in total. The Hall–Kier alpha value is -2.28. The highest BCUT2D eigenvalue weighted by Crippen LogP contribution is 2.31. The number of methoxy groups -OCH3 is 3. The van der Waals surface area contributed by atoms with Gasteiger partial charge in [0.2, 0.25) is 5.91 Å². The van der Waals surface area contributed by atoms with Crippen molar-refractivity contribution in [1.82, 2.24) is 0 Å². The minimum Gasteiger partial charge on any atom is -0.495 e. The second kappa shape index (κ2) is 9.68. The number of ether oxygens (including phenoxy) is 3. The van der Waals surface area contributed by atoms with Crippen LogP contribution in [0.5, 0.6) is 5.75 Å². The molecular weight excluding hydrogens is 300 g/mol. The summed E-state index contributed by atoms with van der Waals surface area (Å²) in [4.78, 5) is 24.6. The summed E-state index contributed by atoms with van der Waals surface area (Å²) in [5, 5.41) is 2.74. The molecule has 7 heteroatoms. The molecule has 0 spiro atoms. The van der Waals surface area contributed by atoms with E-state index in [0.29, 0.717) is 31.1 Å². The molecule has 0 unspecified atom stereocenters. The number of hydrogen-bond acceptors (Lipinski definition) is 6. The summed E-state index contributed by atoms with van der Waals surface area (Å²) in [5.74, 6) is 0.212. The lowest BCUT2D eigenvalue weighted by molar-refractivity contribution is -0.140. The number of anilines is 2. The summed E-state index contributed by atoms with van der Waals surface area (Å²) >= 11 is 0. The van der Waals surface area contributed by atoms with Gasteiger partial charge in [0.25, 0.3) is 0 Å². The largest absolute Gasteiger partial charge is 0.495 e. The van der Waals surface area contributed by atoms with Crippen LogP contribution in [-0.2, 0) is 19.1 Å². The van der Waals surface area contributed by atoms with E-state index in [0.717, 1.165) is 5.69 Å². The zero-order chi connectivity index (χ0) is 17.2. The Morgan fingerprint density at radius 3 is 2.48 bits per heavy atom. The van der Waals surface area contributed by atoms with Gasteiger partial charge in [0.15, 0.2) is 0 Å². The number of rotatable bonds is 9. The average molecular weight is 324 g/mol. The van der Waals surface area contributed by atoms with Crippen LogP contribution in [0.2, 0.25) is 0 Å². The maximum absolute atomic E-state index is 11.4. The van der Waals surface area contributed by atoms with Crippen molar-refractivity contribution in [3.05, 3.63) is 18.2 Å². The van der Waals surface area contributed by atoms with Gasteiger partial charge in [0, 0.05) is 32.8 Å². The molecule has 0 fully saturated rings. The van der Waals surface area contributed by atoms with Crippen LogP contribution in [0.4, 0.5) is 11.4 Å². The SMILES string of the molecule is COCCN(CCC(=O)OC)c1cc(NC(C)=O)ccc1OC. The van der Waals surface area contributed by atoms with E-state index in [2.05, 4.69) is 10.1 Å². The lowest BCUT2D eigenvalue weighted by Crippen LogP contribution is -2.30. The molecule has 1 aromatic carbocycles. The van der Waals surface area contributed by atoms with Crippen LogP contribution in [0, 0.1) is 0 Å². The second-order valence-corrected chi connectivity index (χ2v) is 4.87. The maximum atomic E-state index is 11.4. The van der Waals surface area contributed by atoms with Crippen molar-refractivity contribution in [3.8, 4) is 5.75 Å². The number of hydrogen-bond donors (Lipinski definition) is 1. The topological polar surface area (TPSA) is 77.1 Å². The molecule has 0 bridgehead atoms. The van der Waals surface area contributed by atoms with Gasteiger partial charge in [-0.25, -0.2) is 0 Å². The summed E-state index contributed by atoms with van der Waals surface area (Å²) in [6.07, 6.45) is 0.244. The molecule has 0 saturated heterocycles. The zero-order valence-corrected chi connectivity index (χ0v) is 14.0. The first-order chi connectivity index (χ1) is 11.0. The molecule has 1 rings (SSSR count). The highest BCUT2D eigenvalue weighted by Gasteiger charge is 2.15. The molecule has 0 heterocycles. The molecule has 0 aliphatic rings. The van der Waals surface area contributed by atoms with Gasteiger partial charge in [-0.2, -0.15) is 0 Å². The van der Waals surface area contributed by atoms with Crippen molar-refractivity contribution in [2.75, 3.05) is 51.2 Å². The highest BCUT2D eigenvalue weighted by atomic mass is 16.5. The molecule has 1 N–H and O–H groups in total. The average Bonchev–Trinajstić information content (AvgIpc) is 2.54. The summed E-state index contributed by atoms with van der Waals surface area (Å²) < 4.78 is 15.2. The van der Waals surface area contributed by atoms with Gasteiger partial charge in [-0.1, -0.05) is 0 Å². The molecule has 0 saturated carbocycles. The van der Waals surface area contributed by atoms with Crippen LogP contribution in [0.15, 0.2) is 18.2 Å². The van der Waals surface area contributed by atoms with Crippen molar-refractivity contribution in [3.63, 3.8) is 0 Å². The van der Waals surface area contributed by atoms with E-state index in [4.69, 9.17) is 9.47 Å². The van der Waals surface area contributed by atoms with E-state index >= 15 is 0 Å². The first-order valence-corrected chi connectivity index (χ1v) is 7.28. The molecule has 0 aliphatic carbocycles. The van der Waals surface area contributed by atoms with Gasteiger partial charge in [-0.15, -0.1) is 0 Å². The first-order valence-electron chi connectivity index (χ1n) is 7.28. The fourth-order valence-corrected chi connectivity index (χ4v) is 2.10. The number of nitrogens with one attached hydrogen (secondary N) is 1. The number of amides is 1. The lowest BCUT2D eigenvalue weighted by atomic mass is 10.2. The third-order valence-electron chi connectivity index (χ3n) is 3.22. The zero-order valence-electron chi connectivity index (χ0n) is 14.0. The van der Waals surface area contributed by atoms with E-state index in [-0.39, 0.29) is 18.3 Å². The van der Waals surface area contributed by atoms with E-state index in [1.807, 2.05) is 11.0 Å². The molecule has 0 atom stereocenters. The Morgan fingerprint density at radius 1 is 1.17 bits per heavy atom. The number of carbonyl (C=O) groups excluding carboxylic acids is 2. The normalized spacial score (nSPS) is 10.1. The van der Waals surface area contributed by atoms with Gasteiger partial charge in [-0.05, 0) is 18.2 Å². The van der Waals surface area contributed by atoms with Crippen LogP contribution in [0.3, 0.4) is 0 Å². The number of esters is 1. The molecule has 1 amide bonds. The fraction of sp³-hybridized carbons (Fsp3) is 0.500. The predicted octanol–water partition coefficient (Wildman–Crippen LogP) is 1.67. The predicted molar refractivity (Wildman–Crippen MR) is 88.0 cm³/mol. The van der Waals surface area contributed by atoms with Crippen molar-refractivity contribution in [2.45, 2.75) is 13.3 Å². The molecule has 0 aliphatic heterocycles. The third-order valence-corrected chi connectivity index (χ3v) is 3.22. The standard InChI is InChI=1S/C16H24N2O5/c1-12(19)17-13-5-6-15(22-3)14(11-13)18(9-10-21-2)8-7-16(20)23-4/h5-6,11H,7-10H2,1-4H3,(H,17,19). The van der Waals surface area contributed by atoms with Crippen molar-refractivity contribution >= 4 is 23.3 Å². The van der Waals surface area contributed by atoms with Crippen molar-refractivity contribution in [1.29, 1.82) is 0 Å². The second-order valence-electron chi connectivity index (χ2n) is 4.87. The van der Waals surface area contributed by atoms with Crippen LogP contribution < -0.4 is 15.0 Å². The van der Waals surface area contributed by atoms with E-state index in [1.54, 1.807) is 26.4 Å². The van der Waals surface area contributed by atoms with Crippen LogP contribution >= 0.6 is 0 Å². The fourth-order valence-electron chi connectivity index (χ4n) is 2.10. The van der Waals surface area contributed by atoms with Crippen LogP contribution in [0.1, 0.15) is 13.3 Å². The number of nitrogens with zero attached hydrogens (tertiary/aromatic N) is 1. The van der Waals surface area contributed by atoms with Gasteiger partial charge in [0.05, 0.1) is 32.9 Å². The molecule has 1 aromatic rings. The number of carbonyl (C=O) groups is 2. The van der Waals surface area contributed by atoms with Gasteiger partial charge >= 0.3 is 5.97 Å². The quantitative estimate of drug-likeness (QED) is 0.696. The van der Waals surface area contributed by atoms with E-state index < -0.39 is 0 Å². The van der Waals surface area contributed by atoms with Crippen molar-refractivity contribution < 1.29 is 23.8 Å². The molecule has 128 valence electrons. The summed E-state index contributed by atoms with van der Waals surface area (Å²) in [6, 6.07) is 5.35. The monoisotopic (exact) mass is 324 g/mol. The lowest BCUT2D eigenvalue weighted by Gasteiger charge is -2.26. The Labute approximate surface area is 136 Å². The van der Waals surface area contributed by atoms with Crippen LogP contribution in [-0.4, -0.2) is 52.9 Å². The molecule has 0 radical (unpaired) electrons. The first kappa shape index (κ1) is 18.8. The minimum atomic E-state index is -0.288. The van der Waals surface area contributed by atoms with Crippen LogP contribution in [0.25, 0.3) is 0 Å². The molecule has 23 heavy (non-hydrogen) atoms. The third kappa shape index (κ3) is 6.15. The number of benzene rings is 1. The van der Waals surface area contributed by atoms with E-state index in [9.17, 15) is 9.59 Å². The van der Waals surface area contributed by atoms with Gasteiger partial charge in [-0.3, -0.25) is 9.59 Å². The maximum Gasteiger partial charge on any atom is 0.307 e. The minimum absolute atomic E-state index is 0.154. The summed E-state index contributed by atoms with van der Waals surface area (Å²) in [7, 11) is 4.55. The smallest absolute Gasteiger partial charge is 0.307 e. The summed E-state index contributed by atoms with van der Waals surface area (Å²) in [5.41, 5.74) is 1.44. The van der Waals surface area contributed by atoms with Gasteiger partial charge < -0.3 is 24.4 Å². The Morgan fingerprint density at radius 2 is 1.91 bits per heavy atom. The molecule has 0 aromatic heterocycles. The summed E-state index contributed by atoms with van der Waals surface area (Å²) in [6.45, 7) is 2.97. The Balaban J connectivity index is 3.04. The highest BCUT2D eigenvalue weighted by molar-refractivity contribution is 5.89.